The average Bonchev–Trinajstić information content (AvgIpc) is 2.72. The number of aliphatic hydroxyl groups excluding tert-OH is 1. The Labute approximate surface area is 159 Å². The molecule has 0 bridgehead atoms. The number of rotatable bonds is 7. The van der Waals surface area contributed by atoms with E-state index in [-0.39, 0.29) is 18.6 Å². The minimum Gasteiger partial charge on any atom is -0.394 e. The van der Waals surface area contributed by atoms with E-state index in [4.69, 9.17) is 4.74 Å². The van der Waals surface area contributed by atoms with E-state index in [1.807, 2.05) is 72.8 Å². The first-order chi connectivity index (χ1) is 13.1. The molecule has 1 amide bonds. The zero-order chi connectivity index (χ0) is 19.3. The van der Waals surface area contributed by atoms with Crippen molar-refractivity contribution in [1.29, 1.82) is 0 Å². The molecular formula is C23H25NO3. The third kappa shape index (κ3) is 4.02. The van der Waals surface area contributed by atoms with Gasteiger partial charge in [0.1, 0.15) is 0 Å². The maximum absolute atomic E-state index is 13.2. The molecule has 4 heteroatoms. The second-order valence-corrected chi connectivity index (χ2v) is 6.81. The normalized spacial score (nSPS) is 14.5. The highest BCUT2D eigenvalue weighted by Crippen LogP contribution is 2.31. The standard InChI is InChI=1S/C23H25NO3/c1-23(27-2,21-14-8-12-18-11-6-7-13-20(18)21)22(26)24-19(16-25)15-17-9-4-3-5-10-17/h3-14,19,25H,15-16H2,1-2H3,(H,24,26)/t19-,23+/m0/s1. The van der Waals surface area contributed by atoms with Crippen LogP contribution < -0.4 is 5.32 Å². The Morgan fingerprint density at radius 2 is 1.70 bits per heavy atom. The van der Waals surface area contributed by atoms with Gasteiger partial charge in [0.2, 0.25) is 0 Å². The van der Waals surface area contributed by atoms with Gasteiger partial charge >= 0.3 is 0 Å². The molecule has 140 valence electrons. The largest absolute Gasteiger partial charge is 0.394 e. The van der Waals surface area contributed by atoms with Crippen LogP contribution in [0.5, 0.6) is 0 Å². The zero-order valence-corrected chi connectivity index (χ0v) is 15.7. The summed E-state index contributed by atoms with van der Waals surface area (Å²) in [5, 5.41) is 14.7. The van der Waals surface area contributed by atoms with Crippen LogP contribution in [0.1, 0.15) is 18.1 Å². The first-order valence-electron chi connectivity index (χ1n) is 9.07. The second-order valence-electron chi connectivity index (χ2n) is 6.81. The van der Waals surface area contributed by atoms with Crippen LogP contribution in [0.2, 0.25) is 0 Å². The fourth-order valence-corrected chi connectivity index (χ4v) is 3.35. The summed E-state index contributed by atoms with van der Waals surface area (Å²) in [4.78, 5) is 13.2. The van der Waals surface area contributed by atoms with Crippen LogP contribution in [0.3, 0.4) is 0 Å². The fourth-order valence-electron chi connectivity index (χ4n) is 3.35. The number of hydrogen-bond acceptors (Lipinski definition) is 3. The molecule has 2 atom stereocenters. The van der Waals surface area contributed by atoms with Crippen molar-refractivity contribution in [2.45, 2.75) is 25.0 Å². The quantitative estimate of drug-likeness (QED) is 0.676. The van der Waals surface area contributed by atoms with E-state index in [0.29, 0.717) is 6.42 Å². The van der Waals surface area contributed by atoms with Gasteiger partial charge in [-0.3, -0.25) is 4.79 Å². The molecule has 0 radical (unpaired) electrons. The lowest BCUT2D eigenvalue weighted by Gasteiger charge is -2.30. The Balaban J connectivity index is 1.87. The van der Waals surface area contributed by atoms with Crippen molar-refractivity contribution in [3.05, 3.63) is 83.9 Å². The van der Waals surface area contributed by atoms with Gasteiger partial charge in [-0.15, -0.1) is 0 Å². The Bertz CT molecular complexity index is 904. The van der Waals surface area contributed by atoms with Crippen LogP contribution in [-0.4, -0.2) is 30.8 Å². The van der Waals surface area contributed by atoms with E-state index in [1.54, 1.807) is 6.92 Å². The summed E-state index contributed by atoms with van der Waals surface area (Å²) >= 11 is 0. The second kappa shape index (κ2) is 8.33. The molecule has 0 unspecified atom stereocenters. The molecule has 0 saturated carbocycles. The average molecular weight is 363 g/mol. The SMILES string of the molecule is CO[C@@](C)(C(=O)N[C@H](CO)Cc1ccccc1)c1cccc2ccccc12. The molecule has 0 aliphatic carbocycles. The van der Waals surface area contributed by atoms with Crippen molar-refractivity contribution in [3.8, 4) is 0 Å². The van der Waals surface area contributed by atoms with Crippen LogP contribution in [-0.2, 0) is 21.6 Å². The smallest absolute Gasteiger partial charge is 0.256 e. The lowest BCUT2D eigenvalue weighted by Crippen LogP contribution is -2.49. The first kappa shape index (κ1) is 19.1. The molecule has 0 aliphatic heterocycles. The number of hydrogen-bond donors (Lipinski definition) is 2. The lowest BCUT2D eigenvalue weighted by molar-refractivity contribution is -0.143. The number of nitrogens with one attached hydrogen (secondary N) is 1. The first-order valence-corrected chi connectivity index (χ1v) is 9.07. The highest BCUT2D eigenvalue weighted by Gasteiger charge is 2.37. The van der Waals surface area contributed by atoms with E-state index in [9.17, 15) is 9.90 Å². The molecule has 0 aromatic heterocycles. The van der Waals surface area contributed by atoms with Gasteiger partial charge in [-0.1, -0.05) is 72.8 Å². The third-order valence-electron chi connectivity index (χ3n) is 5.03. The van der Waals surface area contributed by atoms with Crippen molar-refractivity contribution in [3.63, 3.8) is 0 Å². The molecule has 0 heterocycles. The number of benzene rings is 3. The van der Waals surface area contributed by atoms with Crippen LogP contribution in [0.4, 0.5) is 0 Å². The molecule has 0 saturated heterocycles. The summed E-state index contributed by atoms with van der Waals surface area (Å²) in [7, 11) is 1.53. The highest BCUT2D eigenvalue weighted by atomic mass is 16.5. The Morgan fingerprint density at radius 1 is 1.04 bits per heavy atom. The molecule has 3 aromatic rings. The van der Waals surface area contributed by atoms with Gasteiger partial charge in [-0.2, -0.15) is 0 Å². The van der Waals surface area contributed by atoms with Crippen LogP contribution in [0.15, 0.2) is 72.8 Å². The molecule has 4 nitrogen and oxygen atoms in total. The molecule has 27 heavy (non-hydrogen) atoms. The van der Waals surface area contributed by atoms with Gasteiger partial charge in [-0.25, -0.2) is 0 Å². The maximum atomic E-state index is 13.2. The molecule has 0 spiro atoms. The zero-order valence-electron chi connectivity index (χ0n) is 15.7. The molecule has 3 aromatic carbocycles. The van der Waals surface area contributed by atoms with Crippen LogP contribution in [0.25, 0.3) is 10.8 Å². The minimum atomic E-state index is -1.16. The maximum Gasteiger partial charge on any atom is 0.256 e. The van der Waals surface area contributed by atoms with E-state index >= 15 is 0 Å². The van der Waals surface area contributed by atoms with E-state index in [2.05, 4.69) is 5.32 Å². The van der Waals surface area contributed by atoms with Gasteiger partial charge in [-0.05, 0) is 29.7 Å². The van der Waals surface area contributed by atoms with Gasteiger partial charge in [0.25, 0.3) is 5.91 Å². The van der Waals surface area contributed by atoms with E-state index in [1.165, 1.54) is 7.11 Å². The van der Waals surface area contributed by atoms with E-state index in [0.717, 1.165) is 21.9 Å². The number of fused-ring (bicyclic) bond motifs is 1. The Hall–Kier alpha value is -2.69. The van der Waals surface area contributed by atoms with Crippen molar-refractivity contribution in [2.24, 2.45) is 0 Å². The topological polar surface area (TPSA) is 58.6 Å². The predicted molar refractivity (Wildman–Crippen MR) is 107 cm³/mol. The molecule has 0 aliphatic rings. The van der Waals surface area contributed by atoms with Crippen molar-refractivity contribution in [1.82, 2.24) is 5.32 Å². The van der Waals surface area contributed by atoms with Crippen molar-refractivity contribution >= 4 is 16.7 Å². The summed E-state index contributed by atoms with van der Waals surface area (Å²) in [6, 6.07) is 23.2. The Kier molecular flexibility index (Phi) is 5.89. The number of amides is 1. The van der Waals surface area contributed by atoms with Crippen molar-refractivity contribution in [2.75, 3.05) is 13.7 Å². The summed E-state index contributed by atoms with van der Waals surface area (Å²) < 4.78 is 5.70. The van der Waals surface area contributed by atoms with E-state index < -0.39 is 5.60 Å². The minimum absolute atomic E-state index is 0.143. The number of aliphatic hydroxyl groups is 1. The fraction of sp³-hybridized carbons (Fsp3) is 0.261. The van der Waals surface area contributed by atoms with Crippen LogP contribution in [0, 0.1) is 0 Å². The molecular weight excluding hydrogens is 338 g/mol. The summed E-state index contributed by atoms with van der Waals surface area (Å²) in [6.45, 7) is 1.62. The van der Waals surface area contributed by atoms with Gasteiger partial charge in [0.15, 0.2) is 5.60 Å². The lowest BCUT2D eigenvalue weighted by atomic mass is 9.89. The highest BCUT2D eigenvalue weighted by molar-refractivity contribution is 5.94. The van der Waals surface area contributed by atoms with Gasteiger partial charge in [0, 0.05) is 12.7 Å². The molecule has 0 fully saturated rings. The van der Waals surface area contributed by atoms with Gasteiger partial charge < -0.3 is 15.2 Å². The predicted octanol–water partition coefficient (Wildman–Crippen LogP) is 3.42. The monoisotopic (exact) mass is 363 g/mol. The summed E-state index contributed by atoms with van der Waals surface area (Å²) in [5.74, 6) is -0.267. The van der Waals surface area contributed by atoms with Crippen LogP contribution >= 0.6 is 0 Å². The number of carbonyl (C=O) groups excluding carboxylic acids is 1. The third-order valence-corrected chi connectivity index (χ3v) is 5.03. The van der Waals surface area contributed by atoms with Gasteiger partial charge in [0.05, 0.1) is 12.6 Å². The summed E-state index contributed by atoms with van der Waals surface area (Å²) in [5.41, 5.74) is 0.698. The van der Waals surface area contributed by atoms with Crippen molar-refractivity contribution < 1.29 is 14.6 Å². The molecule has 3 rings (SSSR count). The summed E-state index contributed by atoms with van der Waals surface area (Å²) in [6.07, 6.45) is 0.554. The molecule has 2 N–H and O–H groups in total. The number of carbonyl (C=O) groups is 1. The number of ether oxygens (including phenoxy) is 1. The number of methoxy groups -OCH3 is 1. The Morgan fingerprint density at radius 3 is 2.41 bits per heavy atom.